The molecule has 0 radical (unpaired) electrons. The highest BCUT2D eigenvalue weighted by Crippen LogP contribution is 2.32. The zero-order valence-electron chi connectivity index (χ0n) is 16.4. The molecular formula is C21H20F3N3O4. The molecule has 1 amide bonds. The number of hydrogen-bond donors (Lipinski definition) is 2. The summed E-state index contributed by atoms with van der Waals surface area (Å²) in [5, 5.41) is 5.54. The number of carbonyl (C=O) groups excluding carboxylic acids is 1. The molecule has 2 aromatic carbocycles. The highest BCUT2D eigenvalue weighted by molar-refractivity contribution is 6.10. The average molecular weight is 435 g/mol. The van der Waals surface area contributed by atoms with Crippen molar-refractivity contribution in [1.82, 2.24) is 5.32 Å². The Balaban J connectivity index is 1.49. The highest BCUT2D eigenvalue weighted by Gasteiger charge is 2.30. The number of anilines is 1. The van der Waals surface area contributed by atoms with Gasteiger partial charge < -0.3 is 19.5 Å². The van der Waals surface area contributed by atoms with Gasteiger partial charge in [0.25, 0.3) is 5.91 Å². The summed E-state index contributed by atoms with van der Waals surface area (Å²) in [6.07, 6.45) is -2.70. The minimum Gasteiger partial charge on any atom is -0.454 e. The third kappa shape index (κ3) is 5.26. The first-order chi connectivity index (χ1) is 14.9. The first-order valence-corrected chi connectivity index (χ1v) is 9.70. The van der Waals surface area contributed by atoms with Crippen molar-refractivity contribution in [2.75, 3.05) is 25.3 Å². The minimum absolute atomic E-state index is 0.0631. The second-order valence-corrected chi connectivity index (χ2v) is 7.05. The number of hydrogen-bond acceptors (Lipinski definition) is 5. The van der Waals surface area contributed by atoms with E-state index in [-0.39, 0.29) is 18.9 Å². The molecule has 7 nitrogen and oxygen atoms in total. The molecule has 2 aliphatic heterocycles. The lowest BCUT2D eigenvalue weighted by molar-refractivity contribution is -0.137. The Morgan fingerprint density at radius 2 is 1.87 bits per heavy atom. The second-order valence-electron chi connectivity index (χ2n) is 7.05. The van der Waals surface area contributed by atoms with Crippen LogP contribution in [0.3, 0.4) is 0 Å². The summed E-state index contributed by atoms with van der Waals surface area (Å²) in [4.78, 5) is 17.1. The summed E-state index contributed by atoms with van der Waals surface area (Å²) < 4.78 is 54.5. The number of nitrogens with zero attached hydrogens (tertiary/aromatic N) is 1. The van der Waals surface area contributed by atoms with Crippen LogP contribution in [-0.4, -0.2) is 37.9 Å². The molecule has 164 valence electrons. The molecule has 2 aromatic rings. The Labute approximate surface area is 176 Å². The quantitative estimate of drug-likeness (QED) is 0.564. The second kappa shape index (κ2) is 8.84. The maximum absolute atomic E-state index is 12.8. The molecule has 31 heavy (non-hydrogen) atoms. The largest absolute Gasteiger partial charge is 0.454 e. The molecule has 0 aliphatic carbocycles. The van der Waals surface area contributed by atoms with Crippen LogP contribution in [-0.2, 0) is 10.9 Å². The molecular weight excluding hydrogens is 415 g/mol. The van der Waals surface area contributed by atoms with Gasteiger partial charge in [-0.15, -0.1) is 0 Å². The zero-order valence-corrected chi connectivity index (χ0v) is 16.4. The van der Waals surface area contributed by atoms with E-state index >= 15 is 0 Å². The van der Waals surface area contributed by atoms with Gasteiger partial charge in [0.15, 0.2) is 11.5 Å². The van der Waals surface area contributed by atoms with Crippen molar-refractivity contribution in [3.63, 3.8) is 0 Å². The van der Waals surface area contributed by atoms with Crippen LogP contribution in [0.2, 0.25) is 0 Å². The lowest BCUT2D eigenvalue weighted by Crippen LogP contribution is -2.36. The molecule has 2 aliphatic rings. The lowest BCUT2D eigenvalue weighted by atomic mass is 10.2. The van der Waals surface area contributed by atoms with Crippen LogP contribution >= 0.6 is 0 Å². The normalized spacial score (nSPS) is 18.2. The number of halogens is 3. The van der Waals surface area contributed by atoms with Crippen molar-refractivity contribution in [2.24, 2.45) is 4.99 Å². The van der Waals surface area contributed by atoms with Gasteiger partial charge in [0, 0.05) is 17.9 Å². The average Bonchev–Trinajstić information content (AvgIpc) is 3.43. The van der Waals surface area contributed by atoms with Gasteiger partial charge in [0.1, 0.15) is 0 Å². The monoisotopic (exact) mass is 435 g/mol. The van der Waals surface area contributed by atoms with Crippen LogP contribution in [0.5, 0.6) is 11.5 Å². The van der Waals surface area contributed by atoms with Gasteiger partial charge in [0.2, 0.25) is 12.8 Å². The summed E-state index contributed by atoms with van der Waals surface area (Å²) in [5.74, 6) is 0.662. The number of aliphatic imine (C=N–C) groups is 1. The van der Waals surface area contributed by atoms with Gasteiger partial charge in [-0.25, -0.2) is 4.99 Å². The number of carbonyl (C=O) groups is 1. The van der Waals surface area contributed by atoms with Crippen molar-refractivity contribution < 1.29 is 32.2 Å². The highest BCUT2D eigenvalue weighted by atomic mass is 19.4. The van der Waals surface area contributed by atoms with E-state index < -0.39 is 17.6 Å². The van der Waals surface area contributed by atoms with Gasteiger partial charge in [0.05, 0.1) is 18.2 Å². The molecule has 0 spiro atoms. The third-order valence-electron chi connectivity index (χ3n) is 4.82. The van der Waals surface area contributed by atoms with E-state index in [4.69, 9.17) is 14.2 Å². The summed E-state index contributed by atoms with van der Waals surface area (Å²) in [7, 11) is 0. The minimum atomic E-state index is -4.43. The Hall–Kier alpha value is -3.27. The van der Waals surface area contributed by atoms with E-state index in [1.165, 1.54) is 12.1 Å². The number of benzene rings is 2. The van der Waals surface area contributed by atoms with Gasteiger partial charge >= 0.3 is 6.18 Å². The van der Waals surface area contributed by atoms with Crippen molar-refractivity contribution in [3.05, 3.63) is 53.6 Å². The maximum atomic E-state index is 12.8. The number of amides is 1. The maximum Gasteiger partial charge on any atom is 0.416 e. The number of rotatable bonds is 4. The summed E-state index contributed by atoms with van der Waals surface area (Å²) in [6, 6.07) is 9.23. The molecule has 2 N–H and O–H groups in total. The molecule has 1 saturated heterocycles. The molecule has 1 atom stereocenters. The first kappa shape index (κ1) is 21.0. The summed E-state index contributed by atoms with van der Waals surface area (Å²) >= 11 is 0. The Kier molecular flexibility index (Phi) is 5.99. The smallest absolute Gasteiger partial charge is 0.416 e. The standard InChI is InChI=1S/C21H20F3N3O4/c22-21(23,24)14-4-6-15(7-5-14)26-20(25-11-16-2-1-9-29-16)27-19(28)13-3-8-17-18(10-13)31-12-30-17/h3-8,10,16H,1-2,9,11-12H2,(H2,25,26,27,28)/t16-/m0/s1. The van der Waals surface area contributed by atoms with Gasteiger partial charge in [-0.1, -0.05) is 0 Å². The zero-order chi connectivity index (χ0) is 21.8. The van der Waals surface area contributed by atoms with Crippen LogP contribution in [0, 0.1) is 0 Å². The molecule has 0 saturated carbocycles. The van der Waals surface area contributed by atoms with Crippen LogP contribution in [0.4, 0.5) is 18.9 Å². The van der Waals surface area contributed by atoms with Gasteiger partial charge in [-0.3, -0.25) is 10.1 Å². The van der Waals surface area contributed by atoms with Crippen LogP contribution < -0.4 is 20.1 Å². The number of nitrogens with one attached hydrogen (secondary N) is 2. The van der Waals surface area contributed by atoms with Crippen molar-refractivity contribution in [1.29, 1.82) is 0 Å². The molecule has 4 rings (SSSR count). The van der Waals surface area contributed by atoms with E-state index in [2.05, 4.69) is 15.6 Å². The SMILES string of the molecule is O=C(NC(=NC[C@@H]1CCCO1)Nc1ccc(C(F)(F)F)cc1)c1ccc2c(c1)OCO2. The number of guanidine groups is 1. The Morgan fingerprint density at radius 3 is 2.58 bits per heavy atom. The predicted molar refractivity (Wildman–Crippen MR) is 106 cm³/mol. The van der Waals surface area contributed by atoms with Crippen LogP contribution in [0.25, 0.3) is 0 Å². The Morgan fingerprint density at radius 1 is 1.10 bits per heavy atom. The van der Waals surface area contributed by atoms with E-state index in [1.54, 1.807) is 18.2 Å². The van der Waals surface area contributed by atoms with Crippen molar-refractivity contribution >= 4 is 17.6 Å². The molecule has 0 bridgehead atoms. The molecule has 2 heterocycles. The van der Waals surface area contributed by atoms with E-state index in [9.17, 15) is 18.0 Å². The molecule has 1 fully saturated rings. The lowest BCUT2D eigenvalue weighted by Gasteiger charge is -2.14. The van der Waals surface area contributed by atoms with Crippen LogP contribution in [0.15, 0.2) is 47.5 Å². The van der Waals surface area contributed by atoms with E-state index in [1.807, 2.05) is 0 Å². The molecule has 10 heteroatoms. The van der Waals surface area contributed by atoms with Crippen LogP contribution in [0.1, 0.15) is 28.8 Å². The summed E-state index contributed by atoms with van der Waals surface area (Å²) in [6.45, 7) is 1.06. The predicted octanol–water partition coefficient (Wildman–Crippen LogP) is 3.81. The van der Waals surface area contributed by atoms with Gasteiger partial charge in [-0.2, -0.15) is 13.2 Å². The van der Waals surface area contributed by atoms with Crippen molar-refractivity contribution in [2.45, 2.75) is 25.1 Å². The van der Waals surface area contributed by atoms with Crippen molar-refractivity contribution in [3.8, 4) is 11.5 Å². The number of alkyl halides is 3. The summed E-state index contributed by atoms with van der Waals surface area (Å²) in [5.41, 5.74) is -0.0892. The fourth-order valence-electron chi connectivity index (χ4n) is 3.19. The van der Waals surface area contributed by atoms with Gasteiger partial charge in [-0.05, 0) is 55.3 Å². The third-order valence-corrected chi connectivity index (χ3v) is 4.82. The van der Waals surface area contributed by atoms with E-state index in [0.717, 1.165) is 25.0 Å². The molecule has 0 unspecified atom stereocenters. The Bertz CT molecular complexity index is 971. The fourth-order valence-corrected chi connectivity index (χ4v) is 3.19. The topological polar surface area (TPSA) is 81.2 Å². The number of fused-ring (bicyclic) bond motifs is 1. The first-order valence-electron chi connectivity index (χ1n) is 9.70. The fraction of sp³-hybridized carbons (Fsp3) is 0.333. The number of ether oxygens (including phenoxy) is 3. The van der Waals surface area contributed by atoms with E-state index in [0.29, 0.717) is 35.9 Å². The molecule has 0 aromatic heterocycles.